The molecular weight excluding hydrogens is 325 g/mol. The number of nitrogens with zero attached hydrogens (tertiary/aromatic N) is 3. The van der Waals surface area contributed by atoms with Crippen LogP contribution in [0.4, 0.5) is 4.39 Å². The summed E-state index contributed by atoms with van der Waals surface area (Å²) in [5.41, 5.74) is 6.55. The van der Waals surface area contributed by atoms with Gasteiger partial charge in [-0.15, -0.1) is 12.6 Å². The molecule has 2 aliphatic heterocycles. The Morgan fingerprint density at radius 3 is 3.05 bits per heavy atom. The molecule has 0 aromatic rings. The predicted octanol–water partition coefficient (Wildman–Crippen LogP) is 1.86. The molecule has 2 aliphatic rings. The Morgan fingerprint density at radius 1 is 1.64 bits per heavy atom. The quantitative estimate of drug-likeness (QED) is 0.505. The molecule has 0 aromatic carbocycles. The van der Waals surface area contributed by atoms with Crippen LogP contribution in [0.25, 0.3) is 0 Å². The number of nitrogens with one attached hydrogen (secondary N) is 1. The fourth-order valence-corrected chi connectivity index (χ4v) is 3.55. The number of rotatable bonds is 6. The number of aliphatic imine (C=N–C) groups is 2. The minimum atomic E-state index is -0.865. The molecule has 2 rings (SSSR count). The van der Waals surface area contributed by atoms with Crippen molar-refractivity contribution in [1.82, 2.24) is 10.2 Å². The van der Waals surface area contributed by atoms with Gasteiger partial charge in [0.1, 0.15) is 10.5 Å². The molecule has 22 heavy (non-hydrogen) atoms. The van der Waals surface area contributed by atoms with E-state index in [1.165, 1.54) is 11.8 Å². The molecule has 9 heteroatoms. The van der Waals surface area contributed by atoms with E-state index < -0.39 is 6.86 Å². The molecule has 3 atom stereocenters. The van der Waals surface area contributed by atoms with Gasteiger partial charge in [-0.2, -0.15) is 0 Å². The van der Waals surface area contributed by atoms with Gasteiger partial charge in [0.2, 0.25) is 6.86 Å². The van der Waals surface area contributed by atoms with E-state index in [0.29, 0.717) is 35.5 Å². The number of nitrogens with two attached hydrogens (primary N) is 1. The summed E-state index contributed by atoms with van der Waals surface area (Å²) in [6, 6.07) is 0.293. The van der Waals surface area contributed by atoms with Crippen LogP contribution in [0.15, 0.2) is 20.7 Å². The lowest BCUT2D eigenvalue weighted by Crippen LogP contribution is -2.44. The molecule has 0 aromatic heterocycles. The van der Waals surface area contributed by atoms with Crippen molar-refractivity contribution in [2.45, 2.75) is 43.6 Å². The van der Waals surface area contributed by atoms with Crippen LogP contribution < -0.4 is 11.1 Å². The molecule has 0 saturated carbocycles. The van der Waals surface area contributed by atoms with Crippen molar-refractivity contribution in [3.05, 3.63) is 10.7 Å². The number of alkyl halides is 1. The molecular formula is C13H22FN5OS2. The lowest BCUT2D eigenvalue weighted by Gasteiger charge is -2.27. The average molecular weight is 347 g/mol. The zero-order valence-electron chi connectivity index (χ0n) is 12.7. The molecule has 0 spiro atoms. The molecule has 2 heterocycles. The van der Waals surface area contributed by atoms with Gasteiger partial charge in [0.25, 0.3) is 0 Å². The molecule has 6 nitrogen and oxygen atoms in total. The number of hydrogen-bond donors (Lipinski definition) is 3. The Morgan fingerprint density at radius 2 is 2.41 bits per heavy atom. The predicted molar refractivity (Wildman–Crippen MR) is 92.6 cm³/mol. The maximum Gasteiger partial charge on any atom is 0.230 e. The third kappa shape index (κ3) is 4.79. The van der Waals surface area contributed by atoms with E-state index >= 15 is 0 Å². The first-order valence-electron chi connectivity index (χ1n) is 7.14. The Kier molecular flexibility index (Phi) is 6.39. The summed E-state index contributed by atoms with van der Waals surface area (Å²) in [4.78, 5) is 10.6. The first-order valence-corrected chi connectivity index (χ1v) is 8.54. The van der Waals surface area contributed by atoms with E-state index in [9.17, 15) is 4.39 Å². The van der Waals surface area contributed by atoms with Gasteiger partial charge in [0.05, 0.1) is 17.8 Å². The van der Waals surface area contributed by atoms with Crippen LogP contribution in [0.1, 0.15) is 26.7 Å². The second-order valence-electron chi connectivity index (χ2n) is 5.20. The second-order valence-corrected chi connectivity index (χ2v) is 7.02. The van der Waals surface area contributed by atoms with Crippen molar-refractivity contribution in [1.29, 1.82) is 0 Å². The van der Waals surface area contributed by atoms with Gasteiger partial charge in [-0.1, -0.05) is 11.8 Å². The zero-order valence-corrected chi connectivity index (χ0v) is 14.4. The van der Waals surface area contributed by atoms with Crippen molar-refractivity contribution in [3.8, 4) is 0 Å². The summed E-state index contributed by atoms with van der Waals surface area (Å²) < 4.78 is 17.1. The van der Waals surface area contributed by atoms with Crippen LogP contribution in [0.2, 0.25) is 0 Å². The van der Waals surface area contributed by atoms with Crippen molar-refractivity contribution in [2.75, 3.05) is 13.4 Å². The highest BCUT2D eigenvalue weighted by Crippen LogP contribution is 2.29. The van der Waals surface area contributed by atoms with Crippen LogP contribution in [0, 0.1) is 0 Å². The average Bonchev–Trinajstić information content (AvgIpc) is 2.89. The van der Waals surface area contributed by atoms with Crippen molar-refractivity contribution >= 4 is 36.6 Å². The summed E-state index contributed by atoms with van der Waals surface area (Å²) in [7, 11) is 0. The summed E-state index contributed by atoms with van der Waals surface area (Å²) in [5.74, 6) is 0.398. The van der Waals surface area contributed by atoms with Crippen molar-refractivity contribution in [2.24, 2.45) is 15.7 Å². The first-order chi connectivity index (χ1) is 10.5. The van der Waals surface area contributed by atoms with Gasteiger partial charge in [-0.3, -0.25) is 10.3 Å². The molecule has 124 valence electrons. The van der Waals surface area contributed by atoms with E-state index in [2.05, 4.69) is 34.9 Å². The first kappa shape index (κ1) is 17.4. The highest BCUT2D eigenvalue weighted by atomic mass is 32.2. The van der Waals surface area contributed by atoms with Gasteiger partial charge >= 0.3 is 0 Å². The maximum atomic E-state index is 12.2. The fourth-order valence-electron chi connectivity index (χ4n) is 2.13. The smallest absolute Gasteiger partial charge is 0.230 e. The summed E-state index contributed by atoms with van der Waals surface area (Å²) >= 11 is 6.03. The summed E-state index contributed by atoms with van der Waals surface area (Å²) in [5, 5.41) is 4.06. The van der Waals surface area contributed by atoms with Gasteiger partial charge < -0.3 is 15.4 Å². The highest BCUT2D eigenvalue weighted by molar-refractivity contribution is 8.03. The third-order valence-electron chi connectivity index (χ3n) is 3.26. The fraction of sp³-hybridized carbons (Fsp3) is 0.692. The molecule has 0 fully saturated rings. The maximum absolute atomic E-state index is 12.2. The molecule has 0 amide bonds. The Labute approximate surface area is 139 Å². The molecule has 0 radical (unpaired) electrons. The standard InChI is InChI=1S/C13H22FN5OS2/c1-8-5-19(7-16-8)13(21)17-9(2)22-12-10(15)3-4-11(18-12)20-6-14/h7-9,13,17,21H,3-6,15H2,1-2H3/t8-,9+,13?/m1/s1. The SMILES string of the molecule is C[C@@H]1CN(C(S)N[C@H](C)SC2=C(N)CCC(OCF)=N2)C=N1. The van der Waals surface area contributed by atoms with E-state index in [4.69, 9.17) is 10.5 Å². The van der Waals surface area contributed by atoms with Gasteiger partial charge in [-0.05, 0) is 20.3 Å². The van der Waals surface area contributed by atoms with E-state index in [1.54, 1.807) is 0 Å². The number of thioether (sulfide) groups is 1. The Balaban J connectivity index is 1.88. The number of thiol groups is 1. The van der Waals surface area contributed by atoms with Crippen LogP contribution >= 0.6 is 24.4 Å². The minimum Gasteiger partial charge on any atom is -0.450 e. The van der Waals surface area contributed by atoms with Crippen molar-refractivity contribution < 1.29 is 9.13 Å². The Bertz CT molecular complexity index is 481. The van der Waals surface area contributed by atoms with Gasteiger partial charge in [0.15, 0.2) is 5.90 Å². The molecule has 0 aliphatic carbocycles. The molecule has 0 saturated heterocycles. The van der Waals surface area contributed by atoms with Crippen LogP contribution in [0.3, 0.4) is 0 Å². The molecule has 1 unspecified atom stereocenters. The third-order valence-corrected chi connectivity index (χ3v) is 4.77. The van der Waals surface area contributed by atoms with Crippen LogP contribution in [-0.2, 0) is 4.74 Å². The van der Waals surface area contributed by atoms with Crippen molar-refractivity contribution in [3.63, 3.8) is 0 Å². The van der Waals surface area contributed by atoms with Gasteiger partial charge in [-0.25, -0.2) is 9.38 Å². The normalized spacial score (nSPS) is 24.5. The lowest BCUT2D eigenvalue weighted by molar-refractivity contribution is 0.174. The van der Waals surface area contributed by atoms with Crippen LogP contribution in [-0.4, -0.2) is 47.5 Å². The number of allylic oxidation sites excluding steroid dienone is 1. The molecule has 3 N–H and O–H groups in total. The van der Waals surface area contributed by atoms with E-state index in [-0.39, 0.29) is 10.9 Å². The highest BCUT2D eigenvalue weighted by Gasteiger charge is 2.22. The lowest BCUT2D eigenvalue weighted by atomic mass is 10.2. The molecule has 0 bridgehead atoms. The number of hydrogen-bond acceptors (Lipinski definition) is 8. The van der Waals surface area contributed by atoms with Gasteiger partial charge in [0, 0.05) is 18.7 Å². The number of halogens is 1. The number of ether oxygens (including phenoxy) is 1. The Hall–Kier alpha value is -0.930. The topological polar surface area (TPSA) is 75.2 Å². The second kappa shape index (κ2) is 8.07. The minimum absolute atomic E-state index is 0.0360. The monoisotopic (exact) mass is 347 g/mol. The van der Waals surface area contributed by atoms with Crippen LogP contribution in [0.5, 0.6) is 0 Å². The zero-order chi connectivity index (χ0) is 16.1. The summed E-state index contributed by atoms with van der Waals surface area (Å²) in [6.07, 6.45) is 2.99. The summed E-state index contributed by atoms with van der Waals surface area (Å²) in [6.45, 7) is 4.04. The largest absolute Gasteiger partial charge is 0.450 e. The van der Waals surface area contributed by atoms with E-state index in [0.717, 1.165) is 6.54 Å². The van der Waals surface area contributed by atoms with E-state index in [1.807, 2.05) is 18.2 Å².